The zero-order valence-corrected chi connectivity index (χ0v) is 21.7. The Balaban J connectivity index is 0.00000363. The molecule has 8 heteroatoms. The van der Waals surface area contributed by atoms with Crippen LogP contribution in [0, 0.1) is 6.92 Å². The lowest BCUT2D eigenvalue weighted by Crippen LogP contribution is -2.36. The van der Waals surface area contributed by atoms with Crippen molar-refractivity contribution in [3.8, 4) is 5.75 Å². The van der Waals surface area contributed by atoms with Gasteiger partial charge < -0.3 is 25.0 Å². The number of nitrogens with one attached hydrogen (secondary N) is 2. The SMILES string of the molecule is CN=C(NCc1ccc(N2CCCC2)nc1)NCc1ccc(C)cc1OCCCOC.I. The number of nitrogens with zero attached hydrogens (tertiary/aromatic N) is 3. The fourth-order valence-corrected chi connectivity index (χ4v) is 3.57. The van der Waals surface area contributed by atoms with Crippen molar-refractivity contribution in [3.05, 3.63) is 53.2 Å². The van der Waals surface area contributed by atoms with E-state index in [1.54, 1.807) is 14.2 Å². The minimum Gasteiger partial charge on any atom is -0.493 e. The Bertz CT molecular complexity index is 839. The third-order valence-electron chi connectivity index (χ3n) is 5.34. The number of halogens is 1. The summed E-state index contributed by atoms with van der Waals surface area (Å²) in [5.41, 5.74) is 3.41. The van der Waals surface area contributed by atoms with Crippen LogP contribution in [0.2, 0.25) is 0 Å². The first-order valence-corrected chi connectivity index (χ1v) is 11.1. The third-order valence-corrected chi connectivity index (χ3v) is 5.34. The lowest BCUT2D eigenvalue weighted by Gasteiger charge is -2.17. The van der Waals surface area contributed by atoms with Crippen molar-refractivity contribution < 1.29 is 9.47 Å². The maximum atomic E-state index is 5.98. The molecule has 7 nitrogen and oxygen atoms in total. The summed E-state index contributed by atoms with van der Waals surface area (Å²) in [6.45, 7) is 6.92. The van der Waals surface area contributed by atoms with Gasteiger partial charge in [-0.3, -0.25) is 4.99 Å². The standard InChI is InChI=1S/C24H35N5O2.HI/c1-19-7-9-21(22(15-19)31-14-6-13-30-3)18-28-24(25-2)27-17-20-8-10-23(26-16-20)29-11-4-5-12-29;/h7-10,15-16H,4-6,11-14,17-18H2,1-3H3,(H2,25,27,28);1H. The summed E-state index contributed by atoms with van der Waals surface area (Å²) in [5, 5.41) is 6.74. The summed E-state index contributed by atoms with van der Waals surface area (Å²) in [4.78, 5) is 11.3. The quantitative estimate of drug-likeness (QED) is 0.202. The number of rotatable bonds is 10. The molecule has 1 aliphatic heterocycles. The zero-order chi connectivity index (χ0) is 21.9. The number of benzene rings is 1. The van der Waals surface area contributed by atoms with Crippen LogP contribution in [0.5, 0.6) is 5.75 Å². The maximum absolute atomic E-state index is 5.98. The van der Waals surface area contributed by atoms with Crippen LogP contribution in [0.15, 0.2) is 41.5 Å². The molecule has 0 atom stereocenters. The number of aryl methyl sites for hydroxylation is 1. The fraction of sp³-hybridized carbons (Fsp3) is 0.500. The number of guanidine groups is 1. The van der Waals surface area contributed by atoms with Crippen LogP contribution < -0.4 is 20.3 Å². The zero-order valence-electron chi connectivity index (χ0n) is 19.4. The Hall–Kier alpha value is -2.07. The summed E-state index contributed by atoms with van der Waals surface area (Å²) in [6.07, 6.45) is 5.33. The van der Waals surface area contributed by atoms with Gasteiger partial charge in [-0.2, -0.15) is 0 Å². The first kappa shape index (κ1) is 26.2. The van der Waals surface area contributed by atoms with Crippen molar-refractivity contribution in [1.29, 1.82) is 0 Å². The van der Waals surface area contributed by atoms with E-state index < -0.39 is 0 Å². The Morgan fingerprint density at radius 3 is 2.56 bits per heavy atom. The third kappa shape index (κ3) is 8.12. The Morgan fingerprint density at radius 1 is 1.09 bits per heavy atom. The highest BCUT2D eigenvalue weighted by atomic mass is 127. The molecule has 0 aliphatic carbocycles. The number of ether oxygens (including phenoxy) is 2. The predicted molar refractivity (Wildman–Crippen MR) is 141 cm³/mol. The van der Waals surface area contributed by atoms with Gasteiger partial charge in [-0.1, -0.05) is 18.2 Å². The van der Waals surface area contributed by atoms with Crippen LogP contribution in [0.3, 0.4) is 0 Å². The van der Waals surface area contributed by atoms with Crippen molar-refractivity contribution >= 4 is 35.8 Å². The summed E-state index contributed by atoms with van der Waals surface area (Å²) in [6, 6.07) is 10.5. The molecule has 1 fully saturated rings. The van der Waals surface area contributed by atoms with Crippen molar-refractivity contribution in [2.75, 3.05) is 45.4 Å². The fourth-order valence-electron chi connectivity index (χ4n) is 3.57. The first-order chi connectivity index (χ1) is 15.2. The highest BCUT2D eigenvalue weighted by molar-refractivity contribution is 14.0. The minimum atomic E-state index is 0. The van der Waals surface area contributed by atoms with Crippen molar-refractivity contribution in [2.24, 2.45) is 4.99 Å². The number of aromatic nitrogens is 1. The lowest BCUT2D eigenvalue weighted by molar-refractivity contribution is 0.171. The van der Waals surface area contributed by atoms with Gasteiger partial charge in [-0.05, 0) is 43.0 Å². The van der Waals surface area contributed by atoms with E-state index in [1.165, 1.54) is 18.4 Å². The Morgan fingerprint density at radius 2 is 1.88 bits per heavy atom. The van der Waals surface area contributed by atoms with Gasteiger partial charge in [-0.25, -0.2) is 4.98 Å². The monoisotopic (exact) mass is 553 g/mol. The first-order valence-electron chi connectivity index (χ1n) is 11.1. The molecule has 0 unspecified atom stereocenters. The number of anilines is 1. The molecule has 2 heterocycles. The second-order valence-electron chi connectivity index (χ2n) is 7.80. The van der Waals surface area contributed by atoms with E-state index in [1.807, 2.05) is 6.20 Å². The minimum absolute atomic E-state index is 0. The van der Waals surface area contributed by atoms with Crippen LogP contribution in [-0.2, 0) is 17.8 Å². The lowest BCUT2D eigenvalue weighted by atomic mass is 10.1. The maximum Gasteiger partial charge on any atom is 0.191 e. The van der Waals surface area contributed by atoms with Gasteiger partial charge in [0.15, 0.2) is 5.96 Å². The highest BCUT2D eigenvalue weighted by Gasteiger charge is 2.13. The van der Waals surface area contributed by atoms with Gasteiger partial charge in [0, 0.05) is 65.1 Å². The van der Waals surface area contributed by atoms with Crippen LogP contribution in [-0.4, -0.2) is 51.4 Å². The predicted octanol–water partition coefficient (Wildman–Crippen LogP) is 3.89. The molecule has 0 amide bonds. The number of hydrogen-bond acceptors (Lipinski definition) is 5. The molecular weight excluding hydrogens is 517 g/mol. The van der Waals surface area contributed by atoms with Gasteiger partial charge in [0.25, 0.3) is 0 Å². The molecule has 0 spiro atoms. The van der Waals surface area contributed by atoms with E-state index in [4.69, 9.17) is 9.47 Å². The molecule has 0 saturated carbocycles. The summed E-state index contributed by atoms with van der Waals surface area (Å²) >= 11 is 0. The summed E-state index contributed by atoms with van der Waals surface area (Å²) in [7, 11) is 3.49. The molecule has 1 aromatic carbocycles. The molecule has 176 valence electrons. The van der Waals surface area contributed by atoms with Crippen LogP contribution >= 0.6 is 24.0 Å². The van der Waals surface area contributed by atoms with Gasteiger partial charge in [0.05, 0.1) is 6.61 Å². The van der Waals surface area contributed by atoms with Gasteiger partial charge >= 0.3 is 0 Å². The molecule has 0 radical (unpaired) electrons. The Labute approximate surface area is 209 Å². The van der Waals surface area contributed by atoms with Crippen LogP contribution in [0.1, 0.15) is 36.0 Å². The molecule has 0 bridgehead atoms. The van der Waals surface area contributed by atoms with E-state index in [2.05, 4.69) is 62.8 Å². The van der Waals surface area contributed by atoms with Crippen LogP contribution in [0.4, 0.5) is 5.82 Å². The number of aliphatic imine (C=N–C) groups is 1. The van der Waals surface area contributed by atoms with E-state index >= 15 is 0 Å². The molecule has 2 aromatic rings. The van der Waals surface area contributed by atoms with Gasteiger partial charge in [0.1, 0.15) is 11.6 Å². The smallest absolute Gasteiger partial charge is 0.191 e. The average Bonchev–Trinajstić information content (AvgIpc) is 3.33. The van der Waals surface area contributed by atoms with Crippen LogP contribution in [0.25, 0.3) is 0 Å². The van der Waals surface area contributed by atoms with Crippen molar-refractivity contribution in [3.63, 3.8) is 0 Å². The largest absolute Gasteiger partial charge is 0.493 e. The van der Waals surface area contributed by atoms with E-state index in [-0.39, 0.29) is 24.0 Å². The van der Waals surface area contributed by atoms with Crippen molar-refractivity contribution in [1.82, 2.24) is 15.6 Å². The van der Waals surface area contributed by atoms with E-state index in [0.717, 1.165) is 48.2 Å². The van der Waals surface area contributed by atoms with Gasteiger partial charge in [0.2, 0.25) is 0 Å². The highest BCUT2D eigenvalue weighted by Crippen LogP contribution is 2.21. The number of pyridine rings is 1. The summed E-state index contributed by atoms with van der Waals surface area (Å²) < 4.78 is 11.1. The van der Waals surface area contributed by atoms with E-state index in [9.17, 15) is 0 Å². The molecular formula is C24H36IN5O2. The molecule has 1 saturated heterocycles. The summed E-state index contributed by atoms with van der Waals surface area (Å²) in [5.74, 6) is 2.72. The molecule has 32 heavy (non-hydrogen) atoms. The molecule has 2 N–H and O–H groups in total. The van der Waals surface area contributed by atoms with Crippen molar-refractivity contribution in [2.45, 2.75) is 39.3 Å². The average molecular weight is 553 g/mol. The topological polar surface area (TPSA) is 71.0 Å². The van der Waals surface area contributed by atoms with Gasteiger partial charge in [-0.15, -0.1) is 24.0 Å². The van der Waals surface area contributed by atoms with E-state index in [0.29, 0.717) is 26.3 Å². The molecule has 1 aromatic heterocycles. The second kappa shape index (κ2) is 14.2. The Kier molecular flexibility index (Phi) is 11.6. The second-order valence-corrected chi connectivity index (χ2v) is 7.80. The normalized spacial score (nSPS) is 13.6. The molecule has 1 aliphatic rings. The molecule has 3 rings (SSSR count). The number of methoxy groups -OCH3 is 1. The number of hydrogen-bond donors (Lipinski definition) is 2.